The van der Waals surface area contributed by atoms with Gasteiger partial charge in [-0.25, -0.2) is 0 Å². The molecule has 1 rings (SSSR count). The lowest BCUT2D eigenvalue weighted by Crippen LogP contribution is -2.33. The molecule has 0 saturated carbocycles. The first-order valence-corrected chi connectivity index (χ1v) is 3.68. The normalized spacial score (nSPS) is 30.6. The van der Waals surface area contributed by atoms with Gasteiger partial charge in [0, 0.05) is 18.6 Å². The van der Waals surface area contributed by atoms with Gasteiger partial charge in [0.05, 0.1) is 13.0 Å². The predicted octanol–water partition coefficient (Wildman–Crippen LogP) is -0.174. The van der Waals surface area contributed by atoms with E-state index in [-0.39, 0.29) is 11.8 Å². The van der Waals surface area contributed by atoms with Crippen LogP contribution in [0.4, 0.5) is 0 Å². The summed E-state index contributed by atoms with van der Waals surface area (Å²) in [7, 11) is 0. The van der Waals surface area contributed by atoms with E-state index in [0.717, 1.165) is 6.42 Å². The van der Waals surface area contributed by atoms with Crippen LogP contribution in [-0.4, -0.2) is 30.8 Å². The van der Waals surface area contributed by atoms with Crippen molar-refractivity contribution in [3.05, 3.63) is 0 Å². The van der Waals surface area contributed by atoms with Crippen molar-refractivity contribution in [3.8, 4) is 0 Å². The van der Waals surface area contributed by atoms with Gasteiger partial charge >= 0.3 is 5.97 Å². The molecule has 1 heterocycles. The summed E-state index contributed by atoms with van der Waals surface area (Å²) < 4.78 is 5.11. The Labute approximate surface area is 65.3 Å². The molecule has 1 saturated heterocycles. The predicted molar refractivity (Wildman–Crippen MR) is 39.2 cm³/mol. The molecule has 0 aromatic rings. The number of carboxylic acids is 1. The van der Waals surface area contributed by atoms with Gasteiger partial charge in [-0.1, -0.05) is 0 Å². The summed E-state index contributed by atoms with van der Waals surface area (Å²) in [5, 5.41) is 8.56. The lowest BCUT2D eigenvalue weighted by Gasteiger charge is -2.22. The van der Waals surface area contributed by atoms with Gasteiger partial charge in [0.25, 0.3) is 0 Å². The number of carboxylic acid groups (broad SMARTS) is 1. The molecule has 4 nitrogen and oxygen atoms in total. The minimum Gasteiger partial charge on any atom is -0.481 e. The van der Waals surface area contributed by atoms with Crippen LogP contribution in [0.5, 0.6) is 0 Å². The molecule has 0 radical (unpaired) electrons. The first-order chi connectivity index (χ1) is 5.18. The summed E-state index contributed by atoms with van der Waals surface area (Å²) >= 11 is 0. The minimum absolute atomic E-state index is 0.128. The molecule has 1 aliphatic heterocycles. The van der Waals surface area contributed by atoms with E-state index in [2.05, 4.69) is 0 Å². The Morgan fingerprint density at radius 1 is 1.73 bits per heavy atom. The van der Waals surface area contributed by atoms with Gasteiger partial charge in [-0.2, -0.15) is 0 Å². The Morgan fingerprint density at radius 3 is 2.82 bits per heavy atom. The molecule has 1 fully saturated rings. The standard InChI is InChI=1S/C7H13NO3/c8-4-7(3-6(9)10)1-2-11-5-7/h1-5,8H2,(H,9,10). The second-order valence-electron chi connectivity index (χ2n) is 3.08. The van der Waals surface area contributed by atoms with Crippen LogP contribution in [0.25, 0.3) is 0 Å². The quantitative estimate of drug-likeness (QED) is 0.599. The first-order valence-electron chi connectivity index (χ1n) is 3.68. The van der Waals surface area contributed by atoms with E-state index in [1.54, 1.807) is 0 Å². The fraction of sp³-hybridized carbons (Fsp3) is 0.857. The van der Waals surface area contributed by atoms with Crippen molar-refractivity contribution < 1.29 is 14.6 Å². The van der Waals surface area contributed by atoms with Crippen molar-refractivity contribution in [2.24, 2.45) is 11.1 Å². The van der Waals surface area contributed by atoms with Gasteiger partial charge < -0.3 is 15.6 Å². The van der Waals surface area contributed by atoms with Crippen LogP contribution in [0.2, 0.25) is 0 Å². The number of hydrogen-bond donors (Lipinski definition) is 2. The third-order valence-electron chi connectivity index (χ3n) is 2.14. The largest absolute Gasteiger partial charge is 0.481 e. The molecule has 0 aromatic heterocycles. The zero-order chi connectivity index (χ0) is 8.32. The highest BCUT2D eigenvalue weighted by atomic mass is 16.5. The average molecular weight is 159 g/mol. The van der Waals surface area contributed by atoms with Crippen LogP contribution in [0.1, 0.15) is 12.8 Å². The first kappa shape index (κ1) is 8.49. The summed E-state index contributed by atoms with van der Waals surface area (Å²) in [4.78, 5) is 10.4. The second-order valence-corrected chi connectivity index (χ2v) is 3.08. The third kappa shape index (κ3) is 1.91. The summed E-state index contributed by atoms with van der Waals surface area (Å²) in [6.07, 6.45) is 0.902. The van der Waals surface area contributed by atoms with E-state index in [9.17, 15) is 4.79 Å². The average Bonchev–Trinajstić information content (AvgIpc) is 2.36. The number of nitrogens with two attached hydrogens (primary N) is 1. The molecular formula is C7H13NO3. The molecule has 3 N–H and O–H groups in total. The van der Waals surface area contributed by atoms with Crippen molar-refractivity contribution in [2.75, 3.05) is 19.8 Å². The molecule has 0 aliphatic carbocycles. The highest BCUT2D eigenvalue weighted by molar-refractivity contribution is 5.67. The fourth-order valence-corrected chi connectivity index (χ4v) is 1.34. The zero-order valence-electron chi connectivity index (χ0n) is 6.38. The van der Waals surface area contributed by atoms with Gasteiger partial charge in [0.15, 0.2) is 0 Å². The van der Waals surface area contributed by atoms with Crippen molar-refractivity contribution >= 4 is 5.97 Å². The van der Waals surface area contributed by atoms with Gasteiger partial charge in [0.1, 0.15) is 0 Å². The Bertz CT molecular complexity index is 152. The number of rotatable bonds is 3. The Morgan fingerprint density at radius 2 is 2.45 bits per heavy atom. The van der Waals surface area contributed by atoms with Crippen LogP contribution >= 0.6 is 0 Å². The Kier molecular flexibility index (Phi) is 2.46. The molecule has 1 unspecified atom stereocenters. The smallest absolute Gasteiger partial charge is 0.304 e. The highest BCUT2D eigenvalue weighted by Gasteiger charge is 2.35. The van der Waals surface area contributed by atoms with E-state index in [0.29, 0.717) is 19.8 Å². The number of ether oxygens (including phenoxy) is 1. The molecule has 11 heavy (non-hydrogen) atoms. The van der Waals surface area contributed by atoms with Crippen molar-refractivity contribution in [1.82, 2.24) is 0 Å². The SMILES string of the molecule is NCC1(CC(=O)O)CCOC1. The van der Waals surface area contributed by atoms with Crippen molar-refractivity contribution in [3.63, 3.8) is 0 Å². The summed E-state index contributed by atoms with van der Waals surface area (Å²) in [6, 6.07) is 0. The fourth-order valence-electron chi connectivity index (χ4n) is 1.34. The van der Waals surface area contributed by atoms with Crippen LogP contribution in [0, 0.1) is 5.41 Å². The molecular weight excluding hydrogens is 146 g/mol. The van der Waals surface area contributed by atoms with Gasteiger partial charge in [-0.05, 0) is 6.42 Å². The van der Waals surface area contributed by atoms with Gasteiger partial charge in [-0.15, -0.1) is 0 Å². The maximum atomic E-state index is 10.4. The highest BCUT2D eigenvalue weighted by Crippen LogP contribution is 2.30. The summed E-state index contributed by atoms with van der Waals surface area (Å²) in [6.45, 7) is 1.54. The number of hydrogen-bond acceptors (Lipinski definition) is 3. The topological polar surface area (TPSA) is 72.6 Å². The molecule has 4 heteroatoms. The Balaban J connectivity index is 2.52. The molecule has 0 bridgehead atoms. The van der Waals surface area contributed by atoms with E-state index in [4.69, 9.17) is 15.6 Å². The minimum atomic E-state index is -0.791. The van der Waals surface area contributed by atoms with E-state index < -0.39 is 5.97 Å². The van der Waals surface area contributed by atoms with Gasteiger partial charge in [0.2, 0.25) is 0 Å². The Hall–Kier alpha value is -0.610. The van der Waals surface area contributed by atoms with Gasteiger partial charge in [-0.3, -0.25) is 4.79 Å². The van der Waals surface area contributed by atoms with Crippen LogP contribution in [0.15, 0.2) is 0 Å². The summed E-state index contributed by atoms with van der Waals surface area (Å²) in [5.41, 5.74) is 5.19. The molecule has 0 amide bonds. The molecule has 0 spiro atoms. The number of aliphatic carboxylic acids is 1. The maximum Gasteiger partial charge on any atom is 0.304 e. The molecule has 1 aliphatic rings. The molecule has 0 aromatic carbocycles. The lowest BCUT2D eigenvalue weighted by molar-refractivity contribution is -0.139. The van der Waals surface area contributed by atoms with Crippen molar-refractivity contribution in [2.45, 2.75) is 12.8 Å². The lowest BCUT2D eigenvalue weighted by atomic mass is 9.84. The third-order valence-corrected chi connectivity index (χ3v) is 2.14. The van der Waals surface area contributed by atoms with Crippen LogP contribution < -0.4 is 5.73 Å². The van der Waals surface area contributed by atoms with E-state index in [1.807, 2.05) is 0 Å². The molecule has 1 atom stereocenters. The number of carbonyl (C=O) groups is 1. The zero-order valence-corrected chi connectivity index (χ0v) is 6.38. The van der Waals surface area contributed by atoms with E-state index >= 15 is 0 Å². The van der Waals surface area contributed by atoms with Crippen LogP contribution in [0.3, 0.4) is 0 Å². The molecule has 64 valence electrons. The van der Waals surface area contributed by atoms with Crippen LogP contribution in [-0.2, 0) is 9.53 Å². The monoisotopic (exact) mass is 159 g/mol. The summed E-state index contributed by atoms with van der Waals surface area (Å²) in [5.74, 6) is -0.791. The maximum absolute atomic E-state index is 10.4. The van der Waals surface area contributed by atoms with Crippen molar-refractivity contribution in [1.29, 1.82) is 0 Å². The second kappa shape index (κ2) is 3.19. The van der Waals surface area contributed by atoms with E-state index in [1.165, 1.54) is 0 Å².